The van der Waals surface area contributed by atoms with Gasteiger partial charge >= 0.3 is 0 Å². The van der Waals surface area contributed by atoms with Crippen molar-refractivity contribution in [3.05, 3.63) is 39.9 Å². The third-order valence-corrected chi connectivity index (χ3v) is 4.65. The quantitative estimate of drug-likeness (QED) is 0.872. The largest absolute Gasteiger partial charge is 0.338 e. The topological polar surface area (TPSA) is 59.0 Å². The van der Waals surface area contributed by atoms with Gasteiger partial charge in [0.2, 0.25) is 0 Å². The molecule has 0 spiro atoms. The molecular formula is C15H18N4OS. The zero-order chi connectivity index (χ0) is 14.8. The highest BCUT2D eigenvalue weighted by atomic mass is 32.1. The predicted molar refractivity (Wildman–Crippen MR) is 81.3 cm³/mol. The first-order valence-electron chi connectivity index (χ1n) is 7.11. The van der Waals surface area contributed by atoms with Gasteiger partial charge in [-0.15, -0.1) is 11.3 Å². The van der Waals surface area contributed by atoms with Gasteiger partial charge in [0.05, 0.1) is 16.3 Å². The smallest absolute Gasteiger partial charge is 0.257 e. The number of amides is 1. The highest BCUT2D eigenvalue weighted by Gasteiger charge is 2.28. The van der Waals surface area contributed by atoms with Crippen LogP contribution in [0.5, 0.6) is 0 Å². The van der Waals surface area contributed by atoms with Gasteiger partial charge in [-0.2, -0.15) is 0 Å². The molecule has 6 heteroatoms. The minimum atomic E-state index is 0.0501. The van der Waals surface area contributed by atoms with E-state index in [1.54, 1.807) is 17.5 Å². The average Bonchev–Trinajstić information content (AvgIpc) is 3.10. The lowest BCUT2D eigenvalue weighted by Crippen LogP contribution is -2.30. The fourth-order valence-corrected chi connectivity index (χ4v) is 3.48. The fraction of sp³-hybridized carbons (Fsp3) is 0.467. The lowest BCUT2D eigenvalue weighted by atomic mass is 10.1. The second kappa shape index (κ2) is 5.89. The molecule has 1 aliphatic heterocycles. The fourth-order valence-electron chi connectivity index (χ4n) is 2.75. The first kappa shape index (κ1) is 14.1. The lowest BCUT2D eigenvalue weighted by molar-refractivity contribution is 0.0785. The van der Waals surface area contributed by atoms with Crippen molar-refractivity contribution in [2.45, 2.75) is 26.7 Å². The standard InChI is InChI=1S/C15H18N4OS/c1-10-13(8-17-11(2)18-10)15(20)19-5-3-12(9-19)7-14-16-4-6-21-14/h4,6,8,12H,3,5,7,9H2,1-2H3/t12-/m0/s1. The number of hydrogen-bond acceptors (Lipinski definition) is 5. The van der Waals surface area contributed by atoms with E-state index in [2.05, 4.69) is 15.0 Å². The molecule has 0 aromatic carbocycles. The van der Waals surface area contributed by atoms with Crippen molar-refractivity contribution in [2.24, 2.45) is 5.92 Å². The maximum Gasteiger partial charge on any atom is 0.257 e. The van der Waals surface area contributed by atoms with E-state index in [1.807, 2.05) is 30.3 Å². The normalized spacial score (nSPS) is 18.2. The van der Waals surface area contributed by atoms with Crippen molar-refractivity contribution < 1.29 is 4.79 Å². The number of aromatic nitrogens is 3. The van der Waals surface area contributed by atoms with Crippen LogP contribution in [-0.4, -0.2) is 38.8 Å². The van der Waals surface area contributed by atoms with Crippen LogP contribution in [-0.2, 0) is 6.42 Å². The van der Waals surface area contributed by atoms with Gasteiger partial charge in [-0.05, 0) is 26.2 Å². The lowest BCUT2D eigenvalue weighted by Gasteiger charge is -2.17. The van der Waals surface area contributed by atoms with Gasteiger partial charge in [0.1, 0.15) is 5.82 Å². The molecule has 3 heterocycles. The first-order chi connectivity index (χ1) is 10.1. The zero-order valence-electron chi connectivity index (χ0n) is 12.2. The molecule has 0 unspecified atom stereocenters. The Balaban J connectivity index is 1.66. The molecule has 1 fully saturated rings. The Hall–Kier alpha value is -1.82. The molecule has 0 N–H and O–H groups in total. The molecule has 1 amide bonds. The summed E-state index contributed by atoms with van der Waals surface area (Å²) in [6, 6.07) is 0. The molecule has 1 atom stereocenters. The van der Waals surface area contributed by atoms with Crippen LogP contribution in [0.25, 0.3) is 0 Å². The Kier molecular flexibility index (Phi) is 3.96. The zero-order valence-corrected chi connectivity index (χ0v) is 13.1. The van der Waals surface area contributed by atoms with Gasteiger partial charge < -0.3 is 4.90 Å². The van der Waals surface area contributed by atoms with Crippen molar-refractivity contribution in [2.75, 3.05) is 13.1 Å². The molecule has 0 bridgehead atoms. The number of aryl methyl sites for hydroxylation is 2. The number of hydrogen-bond donors (Lipinski definition) is 0. The number of rotatable bonds is 3. The molecule has 1 aliphatic rings. The summed E-state index contributed by atoms with van der Waals surface area (Å²) in [6.45, 7) is 5.31. The predicted octanol–water partition coefficient (Wildman–Crippen LogP) is 2.25. The number of carbonyl (C=O) groups is 1. The minimum absolute atomic E-state index is 0.0501. The molecule has 0 radical (unpaired) electrons. The monoisotopic (exact) mass is 302 g/mol. The Labute approximate surface area is 128 Å². The Morgan fingerprint density at radius 2 is 2.29 bits per heavy atom. The van der Waals surface area contributed by atoms with E-state index in [4.69, 9.17) is 0 Å². The molecule has 1 saturated heterocycles. The molecule has 21 heavy (non-hydrogen) atoms. The van der Waals surface area contributed by atoms with E-state index in [0.29, 0.717) is 17.3 Å². The average molecular weight is 302 g/mol. The second-order valence-corrected chi connectivity index (χ2v) is 6.43. The van der Waals surface area contributed by atoms with Crippen LogP contribution < -0.4 is 0 Å². The number of carbonyl (C=O) groups excluding carboxylic acids is 1. The van der Waals surface area contributed by atoms with Crippen molar-refractivity contribution in [1.29, 1.82) is 0 Å². The van der Waals surface area contributed by atoms with Crippen LogP contribution >= 0.6 is 11.3 Å². The second-order valence-electron chi connectivity index (χ2n) is 5.45. The van der Waals surface area contributed by atoms with Crippen LogP contribution in [0.1, 0.15) is 33.3 Å². The SMILES string of the molecule is Cc1ncc(C(=O)N2CC[C@@H](Cc3nccs3)C2)c(C)n1. The summed E-state index contributed by atoms with van der Waals surface area (Å²) in [5, 5.41) is 3.16. The molecule has 0 saturated carbocycles. The van der Waals surface area contributed by atoms with E-state index >= 15 is 0 Å². The van der Waals surface area contributed by atoms with E-state index in [1.165, 1.54) is 0 Å². The van der Waals surface area contributed by atoms with Gasteiger partial charge in [0.15, 0.2) is 0 Å². The van der Waals surface area contributed by atoms with Gasteiger partial charge in [-0.1, -0.05) is 0 Å². The molecule has 5 nitrogen and oxygen atoms in total. The minimum Gasteiger partial charge on any atom is -0.338 e. The van der Waals surface area contributed by atoms with Crippen LogP contribution in [0.15, 0.2) is 17.8 Å². The summed E-state index contributed by atoms with van der Waals surface area (Å²) in [4.78, 5) is 27.2. The molecule has 2 aromatic heterocycles. The number of likely N-dealkylation sites (tertiary alicyclic amines) is 1. The van der Waals surface area contributed by atoms with Crippen molar-refractivity contribution >= 4 is 17.2 Å². The Bertz CT molecular complexity index is 641. The number of nitrogens with zero attached hydrogens (tertiary/aromatic N) is 4. The van der Waals surface area contributed by atoms with Crippen LogP contribution in [0.3, 0.4) is 0 Å². The van der Waals surface area contributed by atoms with E-state index in [9.17, 15) is 4.79 Å². The summed E-state index contributed by atoms with van der Waals surface area (Å²) in [5.74, 6) is 1.26. The summed E-state index contributed by atoms with van der Waals surface area (Å²) in [5.41, 5.74) is 1.38. The van der Waals surface area contributed by atoms with Gasteiger partial charge in [-0.3, -0.25) is 4.79 Å². The molecule has 2 aromatic rings. The molecule has 110 valence electrons. The molecular weight excluding hydrogens is 284 g/mol. The maximum absolute atomic E-state index is 12.6. The van der Waals surface area contributed by atoms with Crippen molar-refractivity contribution in [1.82, 2.24) is 19.9 Å². The van der Waals surface area contributed by atoms with E-state index < -0.39 is 0 Å². The van der Waals surface area contributed by atoms with Crippen LogP contribution in [0.4, 0.5) is 0 Å². The van der Waals surface area contributed by atoms with Crippen LogP contribution in [0, 0.1) is 19.8 Å². The van der Waals surface area contributed by atoms with Crippen molar-refractivity contribution in [3.63, 3.8) is 0 Å². The summed E-state index contributed by atoms with van der Waals surface area (Å²) >= 11 is 1.69. The Morgan fingerprint density at radius 1 is 1.43 bits per heavy atom. The highest BCUT2D eigenvalue weighted by molar-refractivity contribution is 7.09. The summed E-state index contributed by atoms with van der Waals surface area (Å²) < 4.78 is 0. The first-order valence-corrected chi connectivity index (χ1v) is 7.99. The molecule has 0 aliphatic carbocycles. The van der Waals surface area contributed by atoms with E-state index in [-0.39, 0.29) is 5.91 Å². The Morgan fingerprint density at radius 3 is 3.00 bits per heavy atom. The van der Waals surface area contributed by atoms with Crippen LogP contribution in [0.2, 0.25) is 0 Å². The molecule has 3 rings (SSSR count). The summed E-state index contributed by atoms with van der Waals surface area (Å²) in [7, 11) is 0. The third kappa shape index (κ3) is 3.10. The number of thiazole rings is 1. The maximum atomic E-state index is 12.6. The summed E-state index contributed by atoms with van der Waals surface area (Å²) in [6.07, 6.45) is 5.49. The highest BCUT2D eigenvalue weighted by Crippen LogP contribution is 2.23. The van der Waals surface area contributed by atoms with Crippen molar-refractivity contribution in [3.8, 4) is 0 Å². The third-order valence-electron chi connectivity index (χ3n) is 3.85. The van der Waals surface area contributed by atoms with E-state index in [0.717, 1.165) is 36.6 Å². The van der Waals surface area contributed by atoms with Gasteiger partial charge in [-0.25, -0.2) is 15.0 Å². The van der Waals surface area contributed by atoms with Gasteiger partial charge in [0, 0.05) is 37.3 Å². The van der Waals surface area contributed by atoms with Gasteiger partial charge in [0.25, 0.3) is 5.91 Å².